The maximum Gasteiger partial charge on any atom is 0.317 e. The zero-order valence-electron chi connectivity index (χ0n) is 14.1. The predicted molar refractivity (Wildman–Crippen MR) is 87.6 cm³/mol. The predicted octanol–water partition coefficient (Wildman–Crippen LogP) is 2.47. The van der Waals surface area contributed by atoms with Gasteiger partial charge in [-0.1, -0.05) is 33.1 Å². The molecule has 2 rings (SSSR count). The summed E-state index contributed by atoms with van der Waals surface area (Å²) in [5.74, 6) is 1.01. The minimum Gasteiger partial charge on any atom is -0.341 e. The highest BCUT2D eigenvalue weighted by Gasteiger charge is 2.28. The van der Waals surface area contributed by atoms with Crippen molar-refractivity contribution in [1.82, 2.24) is 15.1 Å². The Labute approximate surface area is 134 Å². The average molecular weight is 309 g/mol. The summed E-state index contributed by atoms with van der Waals surface area (Å²) in [7, 11) is 0. The Morgan fingerprint density at radius 1 is 0.955 bits per heavy atom. The Balaban J connectivity index is 1.81. The summed E-state index contributed by atoms with van der Waals surface area (Å²) < 4.78 is 0. The van der Waals surface area contributed by atoms with Gasteiger partial charge in [0.1, 0.15) is 0 Å². The van der Waals surface area contributed by atoms with Crippen molar-refractivity contribution in [3.05, 3.63) is 0 Å². The van der Waals surface area contributed by atoms with E-state index in [1.54, 1.807) is 0 Å². The number of nitrogens with one attached hydrogen (secondary N) is 1. The van der Waals surface area contributed by atoms with E-state index in [1.807, 2.05) is 9.80 Å². The van der Waals surface area contributed by atoms with Crippen LogP contribution in [0.1, 0.15) is 52.4 Å². The number of carbonyl (C=O) groups is 2. The van der Waals surface area contributed by atoms with E-state index in [4.69, 9.17) is 0 Å². The summed E-state index contributed by atoms with van der Waals surface area (Å²) in [5, 5.41) is 2.97. The van der Waals surface area contributed by atoms with Gasteiger partial charge in [-0.15, -0.1) is 0 Å². The van der Waals surface area contributed by atoms with E-state index in [2.05, 4.69) is 19.2 Å². The van der Waals surface area contributed by atoms with Crippen LogP contribution < -0.4 is 5.32 Å². The van der Waals surface area contributed by atoms with Crippen LogP contribution in [0.2, 0.25) is 0 Å². The monoisotopic (exact) mass is 309 g/mol. The molecule has 0 unspecified atom stereocenters. The molecule has 0 bridgehead atoms. The van der Waals surface area contributed by atoms with Crippen LogP contribution in [-0.2, 0) is 4.79 Å². The minimum absolute atomic E-state index is 0.0145. The quantitative estimate of drug-likeness (QED) is 0.870. The van der Waals surface area contributed by atoms with Crippen LogP contribution in [0.5, 0.6) is 0 Å². The van der Waals surface area contributed by atoms with Crippen molar-refractivity contribution in [3.8, 4) is 0 Å². The molecule has 1 aliphatic carbocycles. The highest BCUT2D eigenvalue weighted by molar-refractivity contribution is 5.79. The van der Waals surface area contributed by atoms with E-state index < -0.39 is 0 Å². The van der Waals surface area contributed by atoms with Crippen molar-refractivity contribution in [2.45, 2.75) is 52.4 Å². The van der Waals surface area contributed by atoms with Crippen LogP contribution in [-0.4, -0.2) is 54.5 Å². The molecule has 22 heavy (non-hydrogen) atoms. The average Bonchev–Trinajstić information content (AvgIpc) is 2.78. The van der Waals surface area contributed by atoms with Gasteiger partial charge < -0.3 is 15.1 Å². The third-order valence-electron chi connectivity index (χ3n) is 4.71. The van der Waals surface area contributed by atoms with E-state index in [0.29, 0.717) is 31.5 Å². The number of hydrogen-bond acceptors (Lipinski definition) is 2. The second-order valence-electron chi connectivity index (χ2n) is 7.08. The summed E-state index contributed by atoms with van der Waals surface area (Å²) in [4.78, 5) is 28.6. The fraction of sp³-hybridized carbons (Fsp3) is 0.882. The zero-order valence-corrected chi connectivity index (χ0v) is 14.1. The largest absolute Gasteiger partial charge is 0.341 e. The van der Waals surface area contributed by atoms with E-state index >= 15 is 0 Å². The number of rotatable bonds is 3. The molecule has 0 spiro atoms. The Morgan fingerprint density at radius 2 is 1.59 bits per heavy atom. The molecule has 1 heterocycles. The van der Waals surface area contributed by atoms with E-state index in [0.717, 1.165) is 32.4 Å². The highest BCUT2D eigenvalue weighted by Crippen LogP contribution is 2.25. The van der Waals surface area contributed by atoms with Gasteiger partial charge in [0, 0.05) is 38.6 Å². The van der Waals surface area contributed by atoms with Crippen molar-refractivity contribution >= 4 is 11.9 Å². The second kappa shape index (κ2) is 8.39. The van der Waals surface area contributed by atoms with Gasteiger partial charge in [-0.3, -0.25) is 4.79 Å². The van der Waals surface area contributed by atoms with Crippen LogP contribution in [0, 0.1) is 11.8 Å². The summed E-state index contributed by atoms with van der Waals surface area (Å²) in [6.45, 7) is 7.77. The van der Waals surface area contributed by atoms with Crippen molar-refractivity contribution in [2.24, 2.45) is 11.8 Å². The summed E-state index contributed by atoms with van der Waals surface area (Å²) in [6, 6.07) is 0.0145. The normalized spacial score (nSPS) is 20.9. The SMILES string of the molecule is CC(C)CNC(=O)N1CCCN(C(=O)C2CCCCC2)CC1. The molecular formula is C17H31N3O2. The Morgan fingerprint density at radius 3 is 2.27 bits per heavy atom. The second-order valence-corrected chi connectivity index (χ2v) is 7.08. The molecule has 1 saturated carbocycles. The van der Waals surface area contributed by atoms with E-state index in [9.17, 15) is 9.59 Å². The molecular weight excluding hydrogens is 278 g/mol. The van der Waals surface area contributed by atoms with Gasteiger partial charge in [0.25, 0.3) is 0 Å². The first-order valence-corrected chi connectivity index (χ1v) is 8.89. The minimum atomic E-state index is 0.0145. The molecule has 3 amide bonds. The van der Waals surface area contributed by atoms with Crippen molar-refractivity contribution in [3.63, 3.8) is 0 Å². The van der Waals surface area contributed by atoms with Gasteiger partial charge in [0.05, 0.1) is 0 Å². The van der Waals surface area contributed by atoms with Gasteiger partial charge >= 0.3 is 6.03 Å². The molecule has 0 atom stereocenters. The lowest BCUT2D eigenvalue weighted by molar-refractivity contribution is -0.136. The number of carbonyl (C=O) groups excluding carboxylic acids is 2. The first-order valence-electron chi connectivity index (χ1n) is 8.89. The first-order chi connectivity index (χ1) is 10.6. The van der Waals surface area contributed by atoms with Crippen LogP contribution in [0.3, 0.4) is 0 Å². The molecule has 2 aliphatic rings. The molecule has 1 saturated heterocycles. The van der Waals surface area contributed by atoms with E-state index in [1.165, 1.54) is 19.3 Å². The zero-order chi connectivity index (χ0) is 15.9. The van der Waals surface area contributed by atoms with Gasteiger partial charge in [0.15, 0.2) is 0 Å². The fourth-order valence-corrected chi connectivity index (χ4v) is 3.35. The molecule has 0 aromatic carbocycles. The van der Waals surface area contributed by atoms with E-state index in [-0.39, 0.29) is 11.9 Å². The Bertz CT molecular complexity index is 378. The first kappa shape index (κ1) is 17.1. The molecule has 0 aromatic rings. The molecule has 5 nitrogen and oxygen atoms in total. The Hall–Kier alpha value is -1.26. The third-order valence-corrected chi connectivity index (χ3v) is 4.71. The molecule has 0 radical (unpaired) electrons. The van der Waals surface area contributed by atoms with Crippen molar-refractivity contribution < 1.29 is 9.59 Å². The standard InChI is InChI=1S/C17H31N3O2/c1-14(2)13-18-17(22)20-10-6-9-19(11-12-20)16(21)15-7-4-3-5-8-15/h14-15H,3-13H2,1-2H3,(H,18,22). The van der Waals surface area contributed by atoms with Gasteiger partial charge in [-0.25, -0.2) is 4.79 Å². The van der Waals surface area contributed by atoms with Crippen molar-refractivity contribution in [2.75, 3.05) is 32.7 Å². The summed E-state index contributed by atoms with van der Waals surface area (Å²) >= 11 is 0. The lowest BCUT2D eigenvalue weighted by Gasteiger charge is -2.28. The molecule has 1 N–H and O–H groups in total. The summed E-state index contributed by atoms with van der Waals surface area (Å²) in [6.07, 6.45) is 6.63. The van der Waals surface area contributed by atoms with Crippen LogP contribution >= 0.6 is 0 Å². The molecule has 1 aliphatic heterocycles. The third kappa shape index (κ3) is 4.89. The number of urea groups is 1. The van der Waals surface area contributed by atoms with Crippen LogP contribution in [0.25, 0.3) is 0 Å². The lowest BCUT2D eigenvalue weighted by Crippen LogP contribution is -2.44. The van der Waals surface area contributed by atoms with Crippen molar-refractivity contribution in [1.29, 1.82) is 0 Å². The molecule has 0 aromatic heterocycles. The number of hydrogen-bond donors (Lipinski definition) is 1. The molecule has 2 fully saturated rings. The highest BCUT2D eigenvalue weighted by atomic mass is 16.2. The van der Waals surface area contributed by atoms with Crippen LogP contribution in [0.15, 0.2) is 0 Å². The molecule has 126 valence electrons. The van der Waals surface area contributed by atoms with Crippen LogP contribution in [0.4, 0.5) is 4.79 Å². The Kier molecular flexibility index (Phi) is 6.52. The number of nitrogens with zero attached hydrogens (tertiary/aromatic N) is 2. The maximum atomic E-state index is 12.6. The van der Waals surface area contributed by atoms with Gasteiger partial charge in [0.2, 0.25) is 5.91 Å². The topological polar surface area (TPSA) is 52.7 Å². The molecule has 5 heteroatoms. The fourth-order valence-electron chi connectivity index (χ4n) is 3.35. The summed E-state index contributed by atoms with van der Waals surface area (Å²) in [5.41, 5.74) is 0. The van der Waals surface area contributed by atoms with Gasteiger partial charge in [-0.05, 0) is 25.2 Å². The van der Waals surface area contributed by atoms with Gasteiger partial charge in [-0.2, -0.15) is 0 Å². The number of amides is 3. The smallest absolute Gasteiger partial charge is 0.317 e. The lowest BCUT2D eigenvalue weighted by atomic mass is 9.88. The maximum absolute atomic E-state index is 12.6.